The lowest BCUT2D eigenvalue weighted by Crippen LogP contribution is -2.39. The highest BCUT2D eigenvalue weighted by Crippen LogP contribution is 2.31. The number of nitrogens with two attached hydrogens (primary N) is 1. The van der Waals surface area contributed by atoms with Crippen LogP contribution in [-0.2, 0) is 9.59 Å². The molecular weight excluding hydrogens is 266 g/mol. The summed E-state index contributed by atoms with van der Waals surface area (Å²) in [6.45, 7) is 5.81. The molecule has 0 saturated heterocycles. The standard InChI is InChI=1S/C13H25N3O2.ClH/c1-3-16(4-2)13(18)8-7-12(17)15-9-11(14)10-5-6-10;/h10-11H,3-9,14H2,1-2H3,(H,15,17);1H. The van der Waals surface area contributed by atoms with Gasteiger partial charge in [-0.25, -0.2) is 0 Å². The third kappa shape index (κ3) is 6.78. The minimum Gasteiger partial charge on any atom is -0.355 e. The molecule has 1 rings (SSSR count). The molecule has 1 fully saturated rings. The van der Waals surface area contributed by atoms with Crippen LogP contribution in [0.25, 0.3) is 0 Å². The van der Waals surface area contributed by atoms with Gasteiger partial charge in [0.1, 0.15) is 0 Å². The molecular formula is C13H26ClN3O2. The summed E-state index contributed by atoms with van der Waals surface area (Å²) in [5.74, 6) is 0.552. The average molecular weight is 292 g/mol. The molecule has 1 aliphatic carbocycles. The van der Waals surface area contributed by atoms with Crippen LogP contribution < -0.4 is 11.1 Å². The zero-order chi connectivity index (χ0) is 13.5. The second kappa shape index (κ2) is 9.15. The Bertz CT molecular complexity index is 292. The molecule has 0 heterocycles. The molecule has 112 valence electrons. The van der Waals surface area contributed by atoms with E-state index < -0.39 is 0 Å². The Morgan fingerprint density at radius 2 is 1.84 bits per heavy atom. The van der Waals surface area contributed by atoms with Crippen LogP contribution in [0.5, 0.6) is 0 Å². The number of carbonyl (C=O) groups excluding carboxylic acids is 2. The van der Waals surface area contributed by atoms with E-state index in [9.17, 15) is 9.59 Å². The topological polar surface area (TPSA) is 75.4 Å². The second-order valence-corrected chi connectivity index (χ2v) is 4.87. The lowest BCUT2D eigenvalue weighted by atomic mass is 10.2. The maximum Gasteiger partial charge on any atom is 0.223 e. The van der Waals surface area contributed by atoms with E-state index in [2.05, 4.69) is 5.32 Å². The van der Waals surface area contributed by atoms with Crippen LogP contribution in [0.4, 0.5) is 0 Å². The van der Waals surface area contributed by atoms with Gasteiger partial charge in [0.25, 0.3) is 0 Å². The van der Waals surface area contributed by atoms with Gasteiger partial charge in [-0.05, 0) is 32.6 Å². The van der Waals surface area contributed by atoms with Gasteiger partial charge in [0.2, 0.25) is 11.8 Å². The van der Waals surface area contributed by atoms with E-state index in [1.807, 2.05) is 13.8 Å². The van der Waals surface area contributed by atoms with Crippen LogP contribution in [0.15, 0.2) is 0 Å². The number of amides is 2. The zero-order valence-corrected chi connectivity index (χ0v) is 12.7. The number of halogens is 1. The van der Waals surface area contributed by atoms with Crippen molar-refractivity contribution in [2.45, 2.75) is 45.6 Å². The van der Waals surface area contributed by atoms with Gasteiger partial charge in [-0.2, -0.15) is 0 Å². The summed E-state index contributed by atoms with van der Waals surface area (Å²) >= 11 is 0. The quantitative estimate of drug-likeness (QED) is 0.698. The molecule has 6 heteroatoms. The number of hydrogen-bond acceptors (Lipinski definition) is 3. The van der Waals surface area contributed by atoms with E-state index in [0.29, 0.717) is 25.6 Å². The van der Waals surface area contributed by atoms with Crippen molar-refractivity contribution in [2.75, 3.05) is 19.6 Å². The minimum atomic E-state index is -0.0772. The first-order chi connectivity index (χ1) is 8.58. The fourth-order valence-electron chi connectivity index (χ4n) is 1.97. The molecule has 1 saturated carbocycles. The predicted octanol–water partition coefficient (Wildman–Crippen LogP) is 0.910. The lowest BCUT2D eigenvalue weighted by molar-refractivity contribution is -0.133. The summed E-state index contributed by atoms with van der Waals surface area (Å²) in [7, 11) is 0. The smallest absolute Gasteiger partial charge is 0.223 e. The highest BCUT2D eigenvalue weighted by Gasteiger charge is 2.28. The molecule has 5 nitrogen and oxygen atoms in total. The average Bonchev–Trinajstić information content (AvgIpc) is 3.19. The van der Waals surface area contributed by atoms with Crippen molar-refractivity contribution in [3.05, 3.63) is 0 Å². The maximum absolute atomic E-state index is 11.7. The molecule has 19 heavy (non-hydrogen) atoms. The first kappa shape index (κ1) is 18.2. The van der Waals surface area contributed by atoms with Gasteiger partial charge in [0.15, 0.2) is 0 Å². The Labute approximate surface area is 121 Å². The molecule has 2 amide bonds. The summed E-state index contributed by atoms with van der Waals surface area (Å²) in [6.07, 6.45) is 2.90. The fraction of sp³-hybridized carbons (Fsp3) is 0.846. The Kier molecular flexibility index (Phi) is 8.76. The summed E-state index contributed by atoms with van der Waals surface area (Å²) in [5.41, 5.74) is 5.88. The van der Waals surface area contributed by atoms with Gasteiger partial charge in [0.05, 0.1) is 0 Å². The maximum atomic E-state index is 11.7. The molecule has 0 aromatic carbocycles. The van der Waals surface area contributed by atoms with E-state index in [4.69, 9.17) is 5.73 Å². The summed E-state index contributed by atoms with van der Waals surface area (Å²) in [4.78, 5) is 25.0. The van der Waals surface area contributed by atoms with Gasteiger partial charge >= 0.3 is 0 Å². The molecule has 0 bridgehead atoms. The van der Waals surface area contributed by atoms with E-state index in [1.54, 1.807) is 4.90 Å². The second-order valence-electron chi connectivity index (χ2n) is 4.87. The molecule has 0 spiro atoms. The minimum absolute atomic E-state index is 0. The first-order valence-electron chi connectivity index (χ1n) is 6.88. The largest absolute Gasteiger partial charge is 0.355 e. The van der Waals surface area contributed by atoms with Crippen molar-refractivity contribution in [3.8, 4) is 0 Å². The zero-order valence-electron chi connectivity index (χ0n) is 11.9. The van der Waals surface area contributed by atoms with E-state index >= 15 is 0 Å². The number of nitrogens with zero attached hydrogens (tertiary/aromatic N) is 1. The summed E-state index contributed by atoms with van der Waals surface area (Å²) in [6, 6.07) is 0.0763. The molecule has 1 atom stereocenters. The van der Waals surface area contributed by atoms with Crippen molar-refractivity contribution < 1.29 is 9.59 Å². The van der Waals surface area contributed by atoms with Gasteiger partial charge in [-0.15, -0.1) is 12.4 Å². The predicted molar refractivity (Wildman–Crippen MR) is 78.1 cm³/mol. The van der Waals surface area contributed by atoms with Crippen LogP contribution in [0.3, 0.4) is 0 Å². The van der Waals surface area contributed by atoms with Crippen molar-refractivity contribution in [1.82, 2.24) is 10.2 Å². The van der Waals surface area contributed by atoms with Crippen LogP contribution in [0, 0.1) is 5.92 Å². The van der Waals surface area contributed by atoms with Crippen molar-refractivity contribution >= 4 is 24.2 Å². The third-order valence-corrected chi connectivity index (χ3v) is 3.44. The first-order valence-corrected chi connectivity index (χ1v) is 6.88. The van der Waals surface area contributed by atoms with Crippen molar-refractivity contribution in [1.29, 1.82) is 0 Å². The number of carbonyl (C=O) groups is 2. The van der Waals surface area contributed by atoms with E-state index in [0.717, 1.165) is 0 Å². The van der Waals surface area contributed by atoms with Crippen LogP contribution in [-0.4, -0.2) is 42.4 Å². The molecule has 0 radical (unpaired) electrons. The Morgan fingerprint density at radius 3 is 2.32 bits per heavy atom. The van der Waals surface area contributed by atoms with Crippen LogP contribution in [0.1, 0.15) is 39.5 Å². The summed E-state index contributed by atoms with van der Waals surface area (Å²) < 4.78 is 0. The molecule has 1 aliphatic rings. The fourth-order valence-corrected chi connectivity index (χ4v) is 1.97. The third-order valence-electron chi connectivity index (χ3n) is 3.44. The molecule has 1 unspecified atom stereocenters. The molecule has 0 aromatic heterocycles. The number of nitrogens with one attached hydrogen (secondary N) is 1. The monoisotopic (exact) mass is 291 g/mol. The SMILES string of the molecule is CCN(CC)C(=O)CCC(=O)NCC(N)C1CC1.Cl. The number of rotatable bonds is 8. The van der Waals surface area contributed by atoms with Gasteiger partial charge in [0, 0.05) is 38.5 Å². The van der Waals surface area contributed by atoms with Crippen molar-refractivity contribution in [3.63, 3.8) is 0 Å². The number of hydrogen-bond donors (Lipinski definition) is 2. The lowest BCUT2D eigenvalue weighted by Gasteiger charge is -2.18. The van der Waals surface area contributed by atoms with Crippen LogP contribution >= 0.6 is 12.4 Å². The van der Waals surface area contributed by atoms with Gasteiger partial charge in [-0.3, -0.25) is 9.59 Å². The Morgan fingerprint density at radius 1 is 1.26 bits per heavy atom. The summed E-state index contributed by atoms with van der Waals surface area (Å²) in [5, 5.41) is 2.80. The van der Waals surface area contributed by atoms with Crippen molar-refractivity contribution in [2.24, 2.45) is 11.7 Å². The van der Waals surface area contributed by atoms with E-state index in [1.165, 1.54) is 12.8 Å². The molecule has 3 N–H and O–H groups in total. The Hall–Kier alpha value is -0.810. The Balaban J connectivity index is 0.00000324. The molecule has 0 aliphatic heterocycles. The van der Waals surface area contributed by atoms with Gasteiger partial charge < -0.3 is 16.0 Å². The molecule has 0 aromatic rings. The van der Waals surface area contributed by atoms with E-state index in [-0.39, 0.29) is 43.1 Å². The highest BCUT2D eigenvalue weighted by molar-refractivity contribution is 5.85. The normalized spacial score (nSPS) is 15.3. The van der Waals surface area contributed by atoms with Gasteiger partial charge in [-0.1, -0.05) is 0 Å². The van der Waals surface area contributed by atoms with Crippen LogP contribution in [0.2, 0.25) is 0 Å². The highest BCUT2D eigenvalue weighted by atomic mass is 35.5.